The Labute approximate surface area is 127 Å². The summed E-state index contributed by atoms with van der Waals surface area (Å²) < 4.78 is 0. The van der Waals surface area contributed by atoms with Gasteiger partial charge in [0.2, 0.25) is 11.8 Å². The van der Waals surface area contributed by atoms with Crippen molar-refractivity contribution in [3.63, 3.8) is 0 Å². The molecule has 0 saturated carbocycles. The van der Waals surface area contributed by atoms with Gasteiger partial charge in [0, 0.05) is 25.2 Å². The van der Waals surface area contributed by atoms with Crippen LogP contribution in [0.25, 0.3) is 0 Å². The molecule has 2 heterocycles. The van der Waals surface area contributed by atoms with Crippen molar-refractivity contribution in [3.8, 4) is 0 Å². The fourth-order valence-corrected chi connectivity index (χ4v) is 3.14. The summed E-state index contributed by atoms with van der Waals surface area (Å²) in [6, 6.07) is 11.5. The zero-order valence-corrected chi connectivity index (χ0v) is 12.3. The number of carbonyl (C=O) groups excluding carboxylic acids is 2. The molecule has 0 spiro atoms. The number of hydrogen-bond donors (Lipinski definition) is 1. The van der Waals surface area contributed by atoms with Crippen LogP contribution in [0.2, 0.25) is 0 Å². The van der Waals surface area contributed by atoms with Crippen LogP contribution in [0.15, 0.2) is 47.2 Å². The van der Waals surface area contributed by atoms with Gasteiger partial charge >= 0.3 is 0 Å². The quantitative estimate of drug-likeness (QED) is 0.942. The molecule has 1 aliphatic rings. The Morgan fingerprint density at radius 3 is 2.81 bits per heavy atom. The lowest BCUT2D eigenvalue weighted by atomic mass is 10.1. The van der Waals surface area contributed by atoms with Crippen LogP contribution in [-0.4, -0.2) is 18.4 Å². The average Bonchev–Trinajstić information content (AvgIpc) is 3.15. The van der Waals surface area contributed by atoms with Gasteiger partial charge in [-0.3, -0.25) is 9.59 Å². The van der Waals surface area contributed by atoms with Crippen LogP contribution in [0.1, 0.15) is 12.0 Å². The summed E-state index contributed by atoms with van der Waals surface area (Å²) in [6.45, 7) is 0.983. The highest BCUT2D eigenvalue weighted by Gasteiger charge is 2.34. The predicted molar refractivity (Wildman–Crippen MR) is 83.1 cm³/mol. The largest absolute Gasteiger partial charge is 0.352 e. The van der Waals surface area contributed by atoms with E-state index in [0.717, 1.165) is 11.3 Å². The minimum Gasteiger partial charge on any atom is -0.352 e. The number of hydrogen-bond acceptors (Lipinski definition) is 3. The first-order valence-electron chi connectivity index (χ1n) is 6.88. The topological polar surface area (TPSA) is 49.4 Å². The van der Waals surface area contributed by atoms with Crippen molar-refractivity contribution in [2.75, 3.05) is 11.4 Å². The number of nitrogens with one attached hydrogen (secondary N) is 1. The van der Waals surface area contributed by atoms with E-state index in [1.165, 1.54) is 0 Å². The van der Waals surface area contributed by atoms with Gasteiger partial charge in [0.05, 0.1) is 5.92 Å². The number of nitrogens with zero attached hydrogens (tertiary/aromatic N) is 1. The zero-order chi connectivity index (χ0) is 14.7. The Bertz CT molecular complexity index is 625. The van der Waals surface area contributed by atoms with E-state index in [1.807, 2.05) is 47.2 Å². The van der Waals surface area contributed by atoms with Crippen LogP contribution in [0.5, 0.6) is 0 Å². The second-order valence-electron chi connectivity index (χ2n) is 5.09. The lowest BCUT2D eigenvalue weighted by Crippen LogP contribution is -2.32. The Balaban J connectivity index is 1.60. The first kappa shape index (κ1) is 13.8. The van der Waals surface area contributed by atoms with Crippen molar-refractivity contribution in [2.24, 2.45) is 5.92 Å². The van der Waals surface area contributed by atoms with Crippen molar-refractivity contribution in [3.05, 3.63) is 52.7 Å². The van der Waals surface area contributed by atoms with Crippen LogP contribution in [0.3, 0.4) is 0 Å². The summed E-state index contributed by atoms with van der Waals surface area (Å²) in [5, 5.41) is 6.90. The van der Waals surface area contributed by atoms with Crippen molar-refractivity contribution >= 4 is 28.8 Å². The minimum absolute atomic E-state index is 0.0110. The van der Waals surface area contributed by atoms with Gasteiger partial charge in [-0.05, 0) is 34.5 Å². The summed E-state index contributed by atoms with van der Waals surface area (Å²) in [5.41, 5.74) is 1.95. The van der Waals surface area contributed by atoms with E-state index in [-0.39, 0.29) is 24.2 Å². The molecule has 1 N–H and O–H groups in total. The smallest absolute Gasteiger partial charge is 0.227 e. The van der Waals surface area contributed by atoms with Gasteiger partial charge in [0.1, 0.15) is 0 Å². The maximum atomic E-state index is 12.2. The van der Waals surface area contributed by atoms with Crippen LogP contribution < -0.4 is 10.2 Å². The summed E-state index contributed by atoms with van der Waals surface area (Å²) in [6.07, 6.45) is 0.282. The van der Waals surface area contributed by atoms with Gasteiger partial charge in [-0.1, -0.05) is 18.2 Å². The fourth-order valence-electron chi connectivity index (χ4n) is 2.47. The predicted octanol–water partition coefficient (Wildman–Crippen LogP) is 2.42. The number of anilines is 1. The van der Waals surface area contributed by atoms with Crippen molar-refractivity contribution in [2.45, 2.75) is 13.0 Å². The van der Waals surface area contributed by atoms with Crippen molar-refractivity contribution in [1.29, 1.82) is 0 Å². The molecule has 1 aromatic carbocycles. The maximum absolute atomic E-state index is 12.2. The van der Waals surface area contributed by atoms with Crippen LogP contribution >= 0.6 is 11.3 Å². The highest BCUT2D eigenvalue weighted by Crippen LogP contribution is 2.24. The summed E-state index contributed by atoms with van der Waals surface area (Å²) >= 11 is 1.61. The molecule has 21 heavy (non-hydrogen) atoms. The molecular weight excluding hydrogens is 284 g/mol. The molecule has 0 radical (unpaired) electrons. The molecule has 1 aliphatic heterocycles. The molecule has 1 saturated heterocycles. The second kappa shape index (κ2) is 6.10. The number of amides is 2. The molecule has 5 heteroatoms. The third-order valence-electron chi connectivity index (χ3n) is 3.61. The SMILES string of the molecule is O=C(NCc1ccsc1)[C@H]1CC(=O)N(c2ccccc2)C1. The third kappa shape index (κ3) is 3.13. The third-order valence-corrected chi connectivity index (χ3v) is 4.34. The average molecular weight is 300 g/mol. The maximum Gasteiger partial charge on any atom is 0.227 e. The lowest BCUT2D eigenvalue weighted by Gasteiger charge is -2.16. The van der Waals surface area contributed by atoms with E-state index in [0.29, 0.717) is 13.1 Å². The molecule has 1 aromatic heterocycles. The van der Waals surface area contributed by atoms with E-state index in [9.17, 15) is 9.59 Å². The van der Waals surface area contributed by atoms with Gasteiger partial charge in [0.25, 0.3) is 0 Å². The van der Waals surface area contributed by atoms with Gasteiger partial charge in [-0.15, -0.1) is 0 Å². The summed E-state index contributed by atoms with van der Waals surface area (Å²) in [4.78, 5) is 25.9. The Kier molecular flexibility index (Phi) is 4.01. The second-order valence-corrected chi connectivity index (χ2v) is 5.87. The van der Waals surface area contributed by atoms with E-state index in [4.69, 9.17) is 0 Å². The van der Waals surface area contributed by atoms with E-state index in [1.54, 1.807) is 16.2 Å². The van der Waals surface area contributed by atoms with E-state index < -0.39 is 0 Å². The van der Waals surface area contributed by atoms with Crippen LogP contribution in [-0.2, 0) is 16.1 Å². The first-order valence-corrected chi connectivity index (χ1v) is 7.82. The summed E-state index contributed by atoms with van der Waals surface area (Å²) in [7, 11) is 0. The van der Waals surface area contributed by atoms with Gasteiger partial charge in [-0.25, -0.2) is 0 Å². The van der Waals surface area contributed by atoms with Crippen molar-refractivity contribution in [1.82, 2.24) is 5.32 Å². The highest BCUT2D eigenvalue weighted by atomic mass is 32.1. The first-order chi connectivity index (χ1) is 10.2. The molecular formula is C16H16N2O2S. The molecule has 1 atom stereocenters. The Hall–Kier alpha value is -2.14. The van der Waals surface area contributed by atoms with Crippen molar-refractivity contribution < 1.29 is 9.59 Å². The molecule has 3 rings (SSSR count). The lowest BCUT2D eigenvalue weighted by molar-refractivity contribution is -0.126. The molecule has 2 aromatic rings. The zero-order valence-electron chi connectivity index (χ0n) is 11.5. The summed E-state index contributed by atoms with van der Waals surface area (Å²) in [5.74, 6) is -0.304. The number of rotatable bonds is 4. The van der Waals surface area contributed by atoms with Gasteiger partial charge in [0.15, 0.2) is 0 Å². The molecule has 0 bridgehead atoms. The van der Waals surface area contributed by atoms with Gasteiger partial charge < -0.3 is 10.2 Å². The van der Waals surface area contributed by atoms with Crippen LogP contribution in [0.4, 0.5) is 5.69 Å². The van der Waals surface area contributed by atoms with Crippen LogP contribution in [0, 0.1) is 5.92 Å². The fraction of sp³-hybridized carbons (Fsp3) is 0.250. The molecule has 2 amide bonds. The number of thiophene rings is 1. The Morgan fingerprint density at radius 1 is 1.29 bits per heavy atom. The molecule has 0 aliphatic carbocycles. The molecule has 1 fully saturated rings. The number of para-hydroxylation sites is 1. The normalized spacial score (nSPS) is 18.0. The van der Waals surface area contributed by atoms with E-state index in [2.05, 4.69) is 5.32 Å². The molecule has 0 unspecified atom stereocenters. The van der Waals surface area contributed by atoms with Gasteiger partial charge in [-0.2, -0.15) is 11.3 Å². The van der Waals surface area contributed by atoms with E-state index >= 15 is 0 Å². The number of carbonyl (C=O) groups is 2. The molecule has 108 valence electrons. The monoisotopic (exact) mass is 300 g/mol. The molecule has 4 nitrogen and oxygen atoms in total. The number of benzene rings is 1. The minimum atomic E-state index is -0.267. The Morgan fingerprint density at radius 2 is 2.10 bits per heavy atom. The highest BCUT2D eigenvalue weighted by molar-refractivity contribution is 7.07. The standard InChI is InChI=1S/C16H16N2O2S/c19-15-8-13(10-18(15)14-4-2-1-3-5-14)16(20)17-9-12-6-7-21-11-12/h1-7,11,13H,8-10H2,(H,17,20)/t13-/m0/s1.